The summed E-state index contributed by atoms with van der Waals surface area (Å²) in [6, 6.07) is 0.151. The number of hydrogen-bond donors (Lipinski definition) is 1. The summed E-state index contributed by atoms with van der Waals surface area (Å²) >= 11 is 0. The summed E-state index contributed by atoms with van der Waals surface area (Å²) in [6.07, 6.45) is 5.92. The predicted molar refractivity (Wildman–Crippen MR) is 93.2 cm³/mol. The molecule has 2 aliphatic carbocycles. The van der Waals surface area contributed by atoms with Gasteiger partial charge in [0.15, 0.2) is 9.84 Å². The van der Waals surface area contributed by atoms with Crippen molar-refractivity contribution in [2.75, 3.05) is 18.1 Å². The first kappa shape index (κ1) is 19.0. The second-order valence-corrected chi connectivity index (χ2v) is 9.61. The summed E-state index contributed by atoms with van der Waals surface area (Å²) in [7, 11) is -2.95. The molecule has 2 bridgehead atoms. The summed E-state index contributed by atoms with van der Waals surface area (Å²) in [5.41, 5.74) is 6.31. The molecule has 1 heterocycles. The van der Waals surface area contributed by atoms with Gasteiger partial charge in [-0.3, -0.25) is 4.79 Å². The predicted octanol–water partition coefficient (Wildman–Crippen LogP) is 1.60. The molecule has 23 heavy (non-hydrogen) atoms. The van der Waals surface area contributed by atoms with Crippen molar-refractivity contribution in [3.63, 3.8) is 0 Å². The quantitative estimate of drug-likeness (QED) is 0.824. The van der Waals surface area contributed by atoms with E-state index in [9.17, 15) is 13.2 Å². The van der Waals surface area contributed by atoms with Crippen LogP contribution in [0.5, 0.6) is 0 Å². The Labute approximate surface area is 145 Å². The molecule has 134 valence electrons. The SMILES string of the molecule is CCN(C(=O)C1CC2CCCC(C1)C2N)C1CCS(=O)(=O)C1.Cl. The third-order valence-corrected chi connectivity index (χ3v) is 7.79. The molecule has 0 aromatic heterocycles. The molecule has 1 amide bonds. The molecule has 5 nitrogen and oxygen atoms in total. The van der Waals surface area contributed by atoms with E-state index in [0.29, 0.717) is 24.8 Å². The lowest BCUT2D eigenvalue weighted by Crippen LogP contribution is -2.51. The van der Waals surface area contributed by atoms with Gasteiger partial charge in [0.1, 0.15) is 0 Å². The normalized spacial score (nSPS) is 38.6. The van der Waals surface area contributed by atoms with E-state index in [-0.39, 0.29) is 47.8 Å². The van der Waals surface area contributed by atoms with Crippen molar-refractivity contribution in [1.82, 2.24) is 4.90 Å². The van der Waals surface area contributed by atoms with Crippen LogP contribution in [0, 0.1) is 17.8 Å². The van der Waals surface area contributed by atoms with Crippen LogP contribution in [-0.4, -0.2) is 49.4 Å². The standard InChI is InChI=1S/C16H28N2O3S.ClH/c1-2-18(14-6-7-22(20,21)10-14)16(19)13-8-11-4-3-5-12(9-13)15(11)17;/h11-15H,2-10,17H2,1H3;1H. The monoisotopic (exact) mass is 364 g/mol. The summed E-state index contributed by atoms with van der Waals surface area (Å²) in [6.45, 7) is 2.56. The molecule has 2 N–H and O–H groups in total. The van der Waals surface area contributed by atoms with Crippen molar-refractivity contribution < 1.29 is 13.2 Å². The Balaban J connectivity index is 0.00000192. The highest BCUT2D eigenvalue weighted by molar-refractivity contribution is 7.91. The first-order valence-corrected chi connectivity index (χ1v) is 10.5. The van der Waals surface area contributed by atoms with Crippen LogP contribution in [-0.2, 0) is 14.6 Å². The van der Waals surface area contributed by atoms with Gasteiger partial charge in [-0.15, -0.1) is 12.4 Å². The van der Waals surface area contributed by atoms with E-state index in [4.69, 9.17) is 5.73 Å². The van der Waals surface area contributed by atoms with E-state index in [1.54, 1.807) is 0 Å². The highest BCUT2D eigenvalue weighted by atomic mass is 35.5. The fourth-order valence-corrected chi connectivity index (χ4v) is 6.57. The van der Waals surface area contributed by atoms with Crippen LogP contribution >= 0.6 is 12.4 Å². The molecule has 7 heteroatoms. The Morgan fingerprint density at radius 3 is 2.26 bits per heavy atom. The van der Waals surface area contributed by atoms with E-state index >= 15 is 0 Å². The van der Waals surface area contributed by atoms with Crippen LogP contribution in [0.1, 0.15) is 45.4 Å². The minimum atomic E-state index is -2.95. The molecule has 0 aromatic rings. The Morgan fingerprint density at radius 1 is 1.17 bits per heavy atom. The molecule has 3 rings (SSSR count). The molecule has 3 unspecified atom stereocenters. The van der Waals surface area contributed by atoms with Gasteiger partial charge in [0, 0.05) is 24.5 Å². The van der Waals surface area contributed by atoms with Crippen LogP contribution in [0.3, 0.4) is 0 Å². The first-order valence-electron chi connectivity index (χ1n) is 8.67. The first-order chi connectivity index (χ1) is 10.4. The lowest BCUT2D eigenvalue weighted by Gasteiger charge is -2.45. The number of halogens is 1. The number of fused-ring (bicyclic) bond motifs is 2. The van der Waals surface area contributed by atoms with E-state index in [1.165, 1.54) is 6.42 Å². The molecule has 3 atom stereocenters. The van der Waals surface area contributed by atoms with Crippen LogP contribution < -0.4 is 5.73 Å². The summed E-state index contributed by atoms with van der Waals surface area (Å²) in [4.78, 5) is 14.8. The number of rotatable bonds is 3. The van der Waals surface area contributed by atoms with Crippen molar-refractivity contribution in [1.29, 1.82) is 0 Å². The van der Waals surface area contributed by atoms with Crippen LogP contribution in [0.2, 0.25) is 0 Å². The van der Waals surface area contributed by atoms with Crippen molar-refractivity contribution >= 4 is 28.2 Å². The summed E-state index contributed by atoms with van der Waals surface area (Å²) in [5.74, 6) is 1.56. The van der Waals surface area contributed by atoms with Gasteiger partial charge < -0.3 is 10.6 Å². The molecule has 0 radical (unpaired) electrons. The van der Waals surface area contributed by atoms with E-state index in [2.05, 4.69) is 0 Å². The number of carbonyl (C=O) groups excluding carboxylic acids is 1. The van der Waals surface area contributed by atoms with Crippen LogP contribution in [0.25, 0.3) is 0 Å². The third kappa shape index (κ3) is 3.85. The number of carbonyl (C=O) groups is 1. The second kappa shape index (κ2) is 7.28. The molecule has 3 fully saturated rings. The Morgan fingerprint density at radius 2 is 1.78 bits per heavy atom. The second-order valence-electron chi connectivity index (χ2n) is 7.38. The number of amides is 1. The highest BCUT2D eigenvalue weighted by Crippen LogP contribution is 2.42. The molecule has 0 spiro atoms. The average molecular weight is 365 g/mol. The summed E-state index contributed by atoms with van der Waals surface area (Å²) < 4.78 is 23.4. The molecule has 0 aromatic carbocycles. The molecule has 2 saturated carbocycles. The van der Waals surface area contributed by atoms with E-state index < -0.39 is 9.84 Å². The van der Waals surface area contributed by atoms with Crippen LogP contribution in [0.4, 0.5) is 0 Å². The number of nitrogens with zero attached hydrogens (tertiary/aromatic N) is 1. The zero-order valence-corrected chi connectivity index (χ0v) is 15.4. The molecule has 1 aliphatic heterocycles. The lowest BCUT2D eigenvalue weighted by atomic mass is 9.65. The van der Waals surface area contributed by atoms with Gasteiger partial charge in [-0.1, -0.05) is 6.42 Å². The maximum Gasteiger partial charge on any atom is 0.225 e. The van der Waals surface area contributed by atoms with E-state index in [0.717, 1.165) is 25.7 Å². The van der Waals surface area contributed by atoms with Gasteiger partial charge in [-0.25, -0.2) is 8.42 Å². The molecule has 1 saturated heterocycles. The van der Waals surface area contributed by atoms with Gasteiger partial charge in [0.2, 0.25) is 5.91 Å². The smallest absolute Gasteiger partial charge is 0.225 e. The number of sulfone groups is 1. The van der Waals surface area contributed by atoms with Gasteiger partial charge in [0.05, 0.1) is 11.5 Å². The largest absolute Gasteiger partial charge is 0.339 e. The Bertz CT molecular complexity index is 525. The maximum absolute atomic E-state index is 13.0. The van der Waals surface area contributed by atoms with E-state index in [1.807, 2.05) is 11.8 Å². The lowest BCUT2D eigenvalue weighted by molar-refractivity contribution is -0.140. The topological polar surface area (TPSA) is 80.5 Å². The molecular formula is C16H29ClN2O3S. The minimum absolute atomic E-state index is 0. The summed E-state index contributed by atoms with van der Waals surface area (Å²) in [5, 5.41) is 0. The minimum Gasteiger partial charge on any atom is -0.339 e. The third-order valence-electron chi connectivity index (χ3n) is 6.04. The van der Waals surface area contributed by atoms with Crippen molar-refractivity contribution in [3.8, 4) is 0 Å². The average Bonchev–Trinajstić information content (AvgIpc) is 2.79. The molecular weight excluding hydrogens is 336 g/mol. The van der Waals surface area contributed by atoms with Crippen LogP contribution in [0.15, 0.2) is 0 Å². The Kier molecular flexibility index (Phi) is 6.01. The zero-order chi connectivity index (χ0) is 15.9. The van der Waals surface area contributed by atoms with Gasteiger partial charge in [0.25, 0.3) is 0 Å². The van der Waals surface area contributed by atoms with Crippen molar-refractivity contribution in [2.24, 2.45) is 23.5 Å². The zero-order valence-electron chi connectivity index (χ0n) is 13.8. The fraction of sp³-hybridized carbons (Fsp3) is 0.938. The highest BCUT2D eigenvalue weighted by Gasteiger charge is 2.43. The maximum atomic E-state index is 13.0. The van der Waals surface area contributed by atoms with Crippen molar-refractivity contribution in [3.05, 3.63) is 0 Å². The van der Waals surface area contributed by atoms with Gasteiger partial charge in [-0.2, -0.15) is 0 Å². The molecule has 3 aliphatic rings. The Hall–Kier alpha value is -0.330. The van der Waals surface area contributed by atoms with Gasteiger partial charge >= 0.3 is 0 Å². The van der Waals surface area contributed by atoms with Crippen molar-refractivity contribution in [2.45, 2.75) is 57.5 Å². The van der Waals surface area contributed by atoms with Gasteiger partial charge in [-0.05, 0) is 50.9 Å². The fourth-order valence-electron chi connectivity index (χ4n) is 4.84. The number of nitrogens with two attached hydrogens (primary N) is 1. The number of hydrogen-bond acceptors (Lipinski definition) is 4.